The summed E-state index contributed by atoms with van der Waals surface area (Å²) in [7, 11) is 0. The summed E-state index contributed by atoms with van der Waals surface area (Å²) >= 11 is 5.86. The van der Waals surface area contributed by atoms with Crippen molar-refractivity contribution >= 4 is 29.9 Å². The predicted molar refractivity (Wildman–Crippen MR) is 101 cm³/mol. The van der Waals surface area contributed by atoms with E-state index in [1.165, 1.54) is 0 Å². The highest BCUT2D eigenvalue weighted by Crippen LogP contribution is 2.21. The molecular formula is C17H24Cl2N4O2. The van der Waals surface area contributed by atoms with Crippen molar-refractivity contribution in [1.82, 2.24) is 15.5 Å². The average molecular weight is 387 g/mol. The molecule has 0 bridgehead atoms. The van der Waals surface area contributed by atoms with Gasteiger partial charge in [0.2, 0.25) is 5.91 Å². The van der Waals surface area contributed by atoms with Crippen molar-refractivity contribution in [2.45, 2.75) is 45.1 Å². The number of nitrogens with one attached hydrogen (secondary N) is 1. The number of amides is 1. The van der Waals surface area contributed by atoms with Gasteiger partial charge in [0.1, 0.15) is 0 Å². The number of nitrogens with zero attached hydrogens (tertiary/aromatic N) is 2. The van der Waals surface area contributed by atoms with Crippen molar-refractivity contribution in [2.75, 3.05) is 6.54 Å². The first-order valence-corrected chi connectivity index (χ1v) is 8.57. The van der Waals surface area contributed by atoms with E-state index in [-0.39, 0.29) is 24.4 Å². The first kappa shape index (κ1) is 21.4. The van der Waals surface area contributed by atoms with Crippen molar-refractivity contribution < 1.29 is 9.32 Å². The number of hydrogen-bond acceptors (Lipinski definition) is 5. The normalized spacial score (nSPS) is 11.6. The summed E-state index contributed by atoms with van der Waals surface area (Å²) in [6.45, 7) is 2.54. The molecule has 1 unspecified atom stereocenters. The summed E-state index contributed by atoms with van der Waals surface area (Å²) in [5, 5.41) is 7.48. The molecule has 138 valence electrons. The summed E-state index contributed by atoms with van der Waals surface area (Å²) in [6.07, 6.45) is 4.45. The Morgan fingerprint density at radius 3 is 2.60 bits per heavy atom. The molecule has 1 amide bonds. The molecule has 1 atom stereocenters. The summed E-state index contributed by atoms with van der Waals surface area (Å²) in [5.74, 6) is 0.856. The highest BCUT2D eigenvalue weighted by molar-refractivity contribution is 6.30. The first-order chi connectivity index (χ1) is 11.6. The van der Waals surface area contributed by atoms with Gasteiger partial charge in [-0.15, -0.1) is 12.4 Å². The zero-order chi connectivity index (χ0) is 17.4. The molecule has 2 rings (SSSR count). The first-order valence-electron chi connectivity index (χ1n) is 8.19. The van der Waals surface area contributed by atoms with E-state index in [1.807, 2.05) is 19.1 Å². The number of hydrogen-bond donors (Lipinski definition) is 2. The predicted octanol–water partition coefficient (Wildman–Crippen LogP) is 3.90. The zero-order valence-corrected chi connectivity index (χ0v) is 15.8. The van der Waals surface area contributed by atoms with Gasteiger partial charge in [-0.05, 0) is 50.6 Å². The van der Waals surface area contributed by atoms with E-state index in [2.05, 4.69) is 15.5 Å². The summed E-state index contributed by atoms with van der Waals surface area (Å²) in [4.78, 5) is 16.3. The molecule has 0 saturated carbocycles. The van der Waals surface area contributed by atoms with E-state index in [0.717, 1.165) is 31.2 Å². The van der Waals surface area contributed by atoms with Gasteiger partial charge in [0, 0.05) is 17.0 Å². The molecule has 2 aromatic rings. The number of benzene rings is 1. The fourth-order valence-electron chi connectivity index (χ4n) is 2.28. The van der Waals surface area contributed by atoms with E-state index in [0.29, 0.717) is 29.7 Å². The van der Waals surface area contributed by atoms with Gasteiger partial charge < -0.3 is 15.6 Å². The number of carbonyl (C=O) groups excluding carboxylic acids is 1. The van der Waals surface area contributed by atoms with Crippen LogP contribution in [0.15, 0.2) is 28.8 Å². The van der Waals surface area contributed by atoms with Crippen LogP contribution < -0.4 is 11.1 Å². The van der Waals surface area contributed by atoms with Gasteiger partial charge in [-0.3, -0.25) is 4.79 Å². The van der Waals surface area contributed by atoms with Crippen LogP contribution in [0.1, 0.15) is 50.9 Å². The van der Waals surface area contributed by atoms with Gasteiger partial charge in [0.05, 0.1) is 6.04 Å². The molecule has 1 heterocycles. The Balaban J connectivity index is 0.00000312. The Morgan fingerprint density at radius 1 is 1.24 bits per heavy atom. The molecule has 1 aromatic carbocycles. The zero-order valence-electron chi connectivity index (χ0n) is 14.2. The summed E-state index contributed by atoms with van der Waals surface area (Å²) in [5.41, 5.74) is 6.23. The average Bonchev–Trinajstić information content (AvgIpc) is 3.05. The third-order valence-corrected chi connectivity index (χ3v) is 3.91. The molecule has 0 aliphatic heterocycles. The van der Waals surface area contributed by atoms with Crippen molar-refractivity contribution in [3.63, 3.8) is 0 Å². The SMILES string of the molecule is CC(NC(=O)CCCCCCN)c1noc(-c2ccc(Cl)cc2)n1.Cl. The van der Waals surface area contributed by atoms with E-state index < -0.39 is 0 Å². The van der Waals surface area contributed by atoms with E-state index in [1.54, 1.807) is 12.1 Å². The summed E-state index contributed by atoms with van der Waals surface area (Å²) < 4.78 is 5.25. The molecule has 0 aliphatic rings. The Bertz CT molecular complexity index is 646. The van der Waals surface area contributed by atoms with Crippen LogP contribution in [0.5, 0.6) is 0 Å². The maximum atomic E-state index is 11.9. The quantitative estimate of drug-likeness (QED) is 0.637. The van der Waals surface area contributed by atoms with Crippen LogP contribution in [0, 0.1) is 0 Å². The molecule has 0 saturated heterocycles. The number of nitrogens with two attached hydrogens (primary N) is 1. The third kappa shape index (κ3) is 7.02. The van der Waals surface area contributed by atoms with E-state index in [9.17, 15) is 4.79 Å². The minimum atomic E-state index is -0.300. The number of unbranched alkanes of at least 4 members (excludes halogenated alkanes) is 3. The molecule has 3 N–H and O–H groups in total. The highest BCUT2D eigenvalue weighted by atomic mass is 35.5. The van der Waals surface area contributed by atoms with Gasteiger partial charge >= 0.3 is 0 Å². The lowest BCUT2D eigenvalue weighted by Gasteiger charge is -2.09. The lowest BCUT2D eigenvalue weighted by Crippen LogP contribution is -2.27. The maximum Gasteiger partial charge on any atom is 0.257 e. The molecule has 6 nitrogen and oxygen atoms in total. The molecule has 25 heavy (non-hydrogen) atoms. The molecule has 8 heteroatoms. The Hall–Kier alpha value is -1.63. The molecule has 0 fully saturated rings. The fourth-order valence-corrected chi connectivity index (χ4v) is 2.41. The second-order valence-corrected chi connectivity index (χ2v) is 6.14. The minimum absolute atomic E-state index is 0. The van der Waals surface area contributed by atoms with E-state index in [4.69, 9.17) is 21.9 Å². The van der Waals surface area contributed by atoms with E-state index >= 15 is 0 Å². The lowest BCUT2D eigenvalue weighted by molar-refractivity contribution is -0.121. The largest absolute Gasteiger partial charge is 0.346 e. The Labute approximate surface area is 158 Å². The second kappa shape index (κ2) is 11.1. The third-order valence-electron chi connectivity index (χ3n) is 3.66. The van der Waals surface area contributed by atoms with Crippen LogP contribution in [-0.4, -0.2) is 22.6 Å². The molecule has 0 spiro atoms. The monoisotopic (exact) mass is 386 g/mol. The Morgan fingerprint density at radius 2 is 1.92 bits per heavy atom. The van der Waals surface area contributed by atoms with Crippen LogP contribution in [0.3, 0.4) is 0 Å². The lowest BCUT2D eigenvalue weighted by atomic mass is 10.1. The maximum absolute atomic E-state index is 11.9. The van der Waals surface area contributed by atoms with Gasteiger partial charge in [-0.2, -0.15) is 4.98 Å². The number of aromatic nitrogens is 2. The van der Waals surface area contributed by atoms with Crippen LogP contribution in [-0.2, 0) is 4.79 Å². The number of carbonyl (C=O) groups is 1. The Kier molecular flexibility index (Phi) is 9.49. The van der Waals surface area contributed by atoms with Gasteiger partial charge in [-0.1, -0.05) is 29.6 Å². The van der Waals surface area contributed by atoms with Crippen molar-refractivity contribution in [2.24, 2.45) is 5.73 Å². The number of rotatable bonds is 9. The summed E-state index contributed by atoms with van der Waals surface area (Å²) in [6, 6.07) is 6.84. The van der Waals surface area contributed by atoms with Crippen molar-refractivity contribution in [3.8, 4) is 11.5 Å². The van der Waals surface area contributed by atoms with Gasteiger partial charge in [-0.25, -0.2) is 0 Å². The molecular weight excluding hydrogens is 363 g/mol. The molecule has 0 aliphatic carbocycles. The topological polar surface area (TPSA) is 94.0 Å². The van der Waals surface area contributed by atoms with Crippen LogP contribution in [0.2, 0.25) is 5.02 Å². The van der Waals surface area contributed by atoms with Gasteiger partial charge in [0.15, 0.2) is 5.82 Å². The standard InChI is InChI=1S/C17H23ClN4O2.ClH/c1-12(20-15(23)6-4-2-3-5-11-19)16-21-17(24-22-16)13-7-9-14(18)10-8-13;/h7-10,12H,2-6,11,19H2,1H3,(H,20,23);1H. The molecule has 0 radical (unpaired) electrons. The van der Waals surface area contributed by atoms with Gasteiger partial charge in [0.25, 0.3) is 5.89 Å². The van der Waals surface area contributed by atoms with Crippen molar-refractivity contribution in [3.05, 3.63) is 35.1 Å². The minimum Gasteiger partial charge on any atom is -0.346 e. The fraction of sp³-hybridized carbons (Fsp3) is 0.471. The van der Waals surface area contributed by atoms with Crippen molar-refractivity contribution in [1.29, 1.82) is 0 Å². The second-order valence-electron chi connectivity index (χ2n) is 5.71. The highest BCUT2D eigenvalue weighted by Gasteiger charge is 2.16. The van der Waals surface area contributed by atoms with Crippen LogP contribution in [0.4, 0.5) is 0 Å². The smallest absolute Gasteiger partial charge is 0.257 e. The van der Waals surface area contributed by atoms with Crippen LogP contribution >= 0.6 is 24.0 Å². The molecule has 1 aromatic heterocycles. The number of halogens is 2. The van der Waals surface area contributed by atoms with Crippen LogP contribution in [0.25, 0.3) is 11.5 Å².